The van der Waals surface area contributed by atoms with Crippen molar-refractivity contribution < 1.29 is 9.21 Å². The molecule has 3 heterocycles. The molecule has 1 amide bonds. The van der Waals surface area contributed by atoms with Crippen LogP contribution in [0.5, 0.6) is 0 Å². The normalized spacial score (nSPS) is 18.5. The Kier molecular flexibility index (Phi) is 3.41. The first-order valence-electron chi connectivity index (χ1n) is 7.99. The minimum atomic E-state index is 0.0926. The zero-order valence-corrected chi connectivity index (χ0v) is 13.1. The van der Waals surface area contributed by atoms with Gasteiger partial charge in [-0.1, -0.05) is 0 Å². The van der Waals surface area contributed by atoms with E-state index in [4.69, 9.17) is 4.42 Å². The van der Waals surface area contributed by atoms with Crippen molar-refractivity contribution in [3.8, 4) is 0 Å². The van der Waals surface area contributed by atoms with Gasteiger partial charge in [-0.05, 0) is 50.1 Å². The Morgan fingerprint density at radius 1 is 1.35 bits per heavy atom. The lowest BCUT2D eigenvalue weighted by atomic mass is 9.94. The lowest BCUT2D eigenvalue weighted by molar-refractivity contribution is 0.0706. The molecule has 0 saturated carbocycles. The molecule has 0 aliphatic carbocycles. The van der Waals surface area contributed by atoms with Crippen LogP contribution in [-0.4, -0.2) is 34.1 Å². The summed E-state index contributed by atoms with van der Waals surface area (Å²) in [5.41, 5.74) is 2.67. The number of aryl methyl sites for hydroxylation is 1. The number of H-pyrrole nitrogens is 1. The molecule has 5 nitrogen and oxygen atoms in total. The van der Waals surface area contributed by atoms with Crippen LogP contribution in [-0.2, 0) is 0 Å². The molecule has 1 aliphatic rings. The van der Waals surface area contributed by atoms with E-state index in [0.717, 1.165) is 53.9 Å². The zero-order chi connectivity index (χ0) is 15.8. The fraction of sp³-hybridized carbons (Fsp3) is 0.333. The first kappa shape index (κ1) is 14.1. The predicted molar refractivity (Wildman–Crippen MR) is 87.4 cm³/mol. The maximum Gasteiger partial charge on any atom is 0.253 e. The second-order valence-electron chi connectivity index (χ2n) is 6.21. The third kappa shape index (κ3) is 2.63. The van der Waals surface area contributed by atoms with Gasteiger partial charge in [-0.3, -0.25) is 9.89 Å². The lowest BCUT2D eigenvalue weighted by Gasteiger charge is -2.32. The van der Waals surface area contributed by atoms with Crippen molar-refractivity contribution >= 4 is 16.9 Å². The summed E-state index contributed by atoms with van der Waals surface area (Å²) in [4.78, 5) is 14.8. The third-order valence-electron chi connectivity index (χ3n) is 4.56. The second kappa shape index (κ2) is 5.57. The van der Waals surface area contributed by atoms with E-state index in [2.05, 4.69) is 10.2 Å². The van der Waals surface area contributed by atoms with E-state index >= 15 is 0 Å². The van der Waals surface area contributed by atoms with Crippen molar-refractivity contribution in [2.24, 2.45) is 0 Å². The number of likely N-dealkylation sites (tertiary alicyclic amines) is 1. The van der Waals surface area contributed by atoms with Gasteiger partial charge < -0.3 is 9.32 Å². The molecule has 2 aromatic heterocycles. The van der Waals surface area contributed by atoms with Crippen LogP contribution < -0.4 is 0 Å². The highest BCUT2D eigenvalue weighted by molar-refractivity contribution is 5.98. The van der Waals surface area contributed by atoms with Gasteiger partial charge in [-0.2, -0.15) is 5.10 Å². The number of aromatic nitrogens is 2. The molecule has 0 bridgehead atoms. The number of amides is 1. The Balaban J connectivity index is 1.57. The average Bonchev–Trinajstić information content (AvgIpc) is 3.22. The fourth-order valence-corrected chi connectivity index (χ4v) is 3.40. The number of fused-ring (bicyclic) bond motifs is 1. The van der Waals surface area contributed by atoms with Crippen molar-refractivity contribution in [2.45, 2.75) is 25.7 Å². The second-order valence-corrected chi connectivity index (χ2v) is 6.21. The number of carbonyl (C=O) groups excluding carboxylic acids is 1. The smallest absolute Gasteiger partial charge is 0.253 e. The highest BCUT2D eigenvalue weighted by atomic mass is 16.3. The van der Waals surface area contributed by atoms with Crippen LogP contribution in [0.25, 0.3) is 11.0 Å². The monoisotopic (exact) mass is 309 g/mol. The number of piperidine rings is 1. The van der Waals surface area contributed by atoms with Gasteiger partial charge >= 0.3 is 0 Å². The van der Waals surface area contributed by atoms with E-state index in [1.807, 2.05) is 42.2 Å². The summed E-state index contributed by atoms with van der Waals surface area (Å²) in [5.74, 6) is 1.30. The number of benzene rings is 1. The number of nitrogens with zero attached hydrogens (tertiary/aromatic N) is 2. The predicted octanol–water partition coefficient (Wildman–Crippen LogP) is 3.48. The number of aromatic amines is 1. The molecule has 1 aromatic carbocycles. The van der Waals surface area contributed by atoms with Crippen LogP contribution in [0.3, 0.4) is 0 Å². The van der Waals surface area contributed by atoms with Crippen LogP contribution in [0.2, 0.25) is 0 Å². The Bertz CT molecular complexity index is 835. The van der Waals surface area contributed by atoms with Crippen molar-refractivity contribution in [1.29, 1.82) is 0 Å². The molecule has 3 aromatic rings. The van der Waals surface area contributed by atoms with Crippen molar-refractivity contribution in [2.75, 3.05) is 13.1 Å². The Morgan fingerprint density at radius 3 is 3.09 bits per heavy atom. The Hall–Kier alpha value is -2.56. The highest BCUT2D eigenvalue weighted by Gasteiger charge is 2.26. The molecular weight excluding hydrogens is 290 g/mol. The summed E-state index contributed by atoms with van der Waals surface area (Å²) in [5, 5.41) is 8.04. The quantitative estimate of drug-likeness (QED) is 0.788. The first-order chi connectivity index (χ1) is 11.2. The summed E-state index contributed by atoms with van der Waals surface area (Å²) in [6.45, 7) is 3.47. The van der Waals surface area contributed by atoms with Gasteiger partial charge in [0.25, 0.3) is 5.91 Å². The van der Waals surface area contributed by atoms with Gasteiger partial charge in [0.15, 0.2) is 0 Å². The number of carbonyl (C=O) groups is 1. The van der Waals surface area contributed by atoms with Gasteiger partial charge in [0.1, 0.15) is 11.3 Å². The summed E-state index contributed by atoms with van der Waals surface area (Å²) >= 11 is 0. The SMILES string of the molecule is Cc1cc2cc(C(=O)N3CCCC(c4ccn[nH]4)C3)ccc2o1. The molecule has 1 fully saturated rings. The van der Waals surface area contributed by atoms with Crippen LogP contribution in [0.1, 0.15) is 40.6 Å². The summed E-state index contributed by atoms with van der Waals surface area (Å²) in [6, 6.07) is 9.63. The average molecular weight is 309 g/mol. The molecule has 5 heteroatoms. The van der Waals surface area contributed by atoms with Gasteiger partial charge in [-0.25, -0.2) is 0 Å². The van der Waals surface area contributed by atoms with Crippen LogP contribution in [0, 0.1) is 6.92 Å². The molecule has 23 heavy (non-hydrogen) atoms. The number of hydrogen-bond acceptors (Lipinski definition) is 3. The minimum absolute atomic E-state index is 0.0926. The van der Waals surface area contributed by atoms with Crippen molar-refractivity contribution in [3.05, 3.63) is 53.5 Å². The number of rotatable bonds is 2. The molecule has 4 rings (SSSR count). The zero-order valence-electron chi connectivity index (χ0n) is 13.1. The first-order valence-corrected chi connectivity index (χ1v) is 7.99. The van der Waals surface area contributed by atoms with E-state index in [1.165, 1.54) is 0 Å². The Morgan fingerprint density at radius 2 is 2.26 bits per heavy atom. The minimum Gasteiger partial charge on any atom is -0.461 e. The molecule has 118 valence electrons. The Labute approximate surface area is 134 Å². The topological polar surface area (TPSA) is 62.1 Å². The summed E-state index contributed by atoms with van der Waals surface area (Å²) in [7, 11) is 0. The van der Waals surface area contributed by atoms with Gasteiger partial charge in [-0.15, -0.1) is 0 Å². The van der Waals surface area contributed by atoms with Gasteiger partial charge in [0, 0.05) is 41.8 Å². The standard InChI is InChI=1S/C18H19N3O2/c1-12-9-15-10-13(4-5-17(15)23-12)18(22)21-8-2-3-14(11-21)16-6-7-19-20-16/h4-7,9-10,14H,2-3,8,11H2,1H3,(H,19,20). The number of furan rings is 1. The fourth-order valence-electron chi connectivity index (χ4n) is 3.40. The largest absolute Gasteiger partial charge is 0.461 e. The highest BCUT2D eigenvalue weighted by Crippen LogP contribution is 2.27. The molecule has 1 N–H and O–H groups in total. The van der Waals surface area contributed by atoms with Crippen LogP contribution >= 0.6 is 0 Å². The summed E-state index contributed by atoms with van der Waals surface area (Å²) in [6.07, 6.45) is 3.87. The summed E-state index contributed by atoms with van der Waals surface area (Å²) < 4.78 is 5.58. The maximum atomic E-state index is 12.8. The van der Waals surface area contributed by atoms with E-state index in [1.54, 1.807) is 6.20 Å². The van der Waals surface area contributed by atoms with Crippen molar-refractivity contribution in [3.63, 3.8) is 0 Å². The van der Waals surface area contributed by atoms with E-state index in [-0.39, 0.29) is 5.91 Å². The van der Waals surface area contributed by atoms with E-state index < -0.39 is 0 Å². The van der Waals surface area contributed by atoms with Gasteiger partial charge in [0.2, 0.25) is 0 Å². The number of nitrogens with one attached hydrogen (secondary N) is 1. The molecule has 1 aliphatic heterocycles. The molecule has 1 unspecified atom stereocenters. The number of hydrogen-bond donors (Lipinski definition) is 1. The van der Waals surface area contributed by atoms with E-state index in [0.29, 0.717) is 5.92 Å². The molecule has 0 radical (unpaired) electrons. The van der Waals surface area contributed by atoms with Crippen molar-refractivity contribution in [1.82, 2.24) is 15.1 Å². The molecular formula is C18H19N3O2. The van der Waals surface area contributed by atoms with Crippen LogP contribution in [0.15, 0.2) is 40.9 Å². The van der Waals surface area contributed by atoms with E-state index in [9.17, 15) is 4.79 Å². The molecule has 0 spiro atoms. The maximum absolute atomic E-state index is 12.8. The third-order valence-corrected chi connectivity index (χ3v) is 4.56. The van der Waals surface area contributed by atoms with Gasteiger partial charge in [0.05, 0.1) is 0 Å². The molecule has 1 saturated heterocycles. The lowest BCUT2D eigenvalue weighted by Crippen LogP contribution is -2.39. The van der Waals surface area contributed by atoms with Crippen LogP contribution in [0.4, 0.5) is 0 Å². The molecule has 1 atom stereocenters.